The lowest BCUT2D eigenvalue weighted by molar-refractivity contribution is 0.0595. The Morgan fingerprint density at radius 3 is 2.69 bits per heavy atom. The monoisotopic (exact) mass is 221 g/mol. The van der Waals surface area contributed by atoms with Gasteiger partial charge in [0, 0.05) is 0 Å². The van der Waals surface area contributed by atoms with Crippen LogP contribution in [0.4, 0.5) is 5.69 Å². The molecule has 2 N–H and O–H groups in total. The van der Waals surface area contributed by atoms with Gasteiger partial charge in [-0.3, -0.25) is 0 Å². The standard InChI is InChI=1S/C12H15NO3/c1-7-5-9(12(14)15-2)11(10(13)6-7)16-8-3-4-8/h5-6,8H,3-4,13H2,1-2H3. The van der Waals surface area contributed by atoms with Crippen LogP contribution in [0.25, 0.3) is 0 Å². The van der Waals surface area contributed by atoms with Gasteiger partial charge in [-0.2, -0.15) is 0 Å². The molecule has 1 saturated carbocycles. The summed E-state index contributed by atoms with van der Waals surface area (Å²) in [7, 11) is 1.35. The van der Waals surface area contributed by atoms with Crippen molar-refractivity contribution in [1.82, 2.24) is 0 Å². The fraction of sp³-hybridized carbons (Fsp3) is 0.417. The number of carbonyl (C=O) groups excluding carboxylic acids is 1. The molecular weight excluding hydrogens is 206 g/mol. The summed E-state index contributed by atoms with van der Waals surface area (Å²) in [4.78, 5) is 11.6. The number of rotatable bonds is 3. The van der Waals surface area contributed by atoms with Crippen molar-refractivity contribution in [2.24, 2.45) is 0 Å². The average molecular weight is 221 g/mol. The summed E-state index contributed by atoms with van der Waals surface area (Å²) in [5.41, 5.74) is 7.68. The molecule has 0 aliphatic heterocycles. The van der Waals surface area contributed by atoms with Gasteiger partial charge in [0.25, 0.3) is 0 Å². The van der Waals surface area contributed by atoms with Gasteiger partial charge in [0.1, 0.15) is 5.56 Å². The second-order valence-electron chi connectivity index (χ2n) is 4.04. The van der Waals surface area contributed by atoms with E-state index in [2.05, 4.69) is 0 Å². The van der Waals surface area contributed by atoms with Crippen LogP contribution in [0.5, 0.6) is 5.75 Å². The molecule has 86 valence electrons. The molecule has 1 aromatic rings. The topological polar surface area (TPSA) is 61.5 Å². The molecule has 0 atom stereocenters. The summed E-state index contributed by atoms with van der Waals surface area (Å²) in [6.07, 6.45) is 2.25. The molecule has 0 unspecified atom stereocenters. The zero-order chi connectivity index (χ0) is 11.7. The number of carbonyl (C=O) groups is 1. The van der Waals surface area contributed by atoms with Crippen molar-refractivity contribution < 1.29 is 14.3 Å². The minimum atomic E-state index is -0.411. The highest BCUT2D eigenvalue weighted by atomic mass is 16.5. The highest BCUT2D eigenvalue weighted by molar-refractivity contribution is 5.94. The van der Waals surface area contributed by atoms with Gasteiger partial charge >= 0.3 is 5.97 Å². The number of hydrogen-bond acceptors (Lipinski definition) is 4. The Labute approximate surface area is 94.3 Å². The number of hydrogen-bond donors (Lipinski definition) is 1. The fourth-order valence-electron chi connectivity index (χ4n) is 1.55. The van der Waals surface area contributed by atoms with E-state index in [1.807, 2.05) is 6.92 Å². The number of anilines is 1. The van der Waals surface area contributed by atoms with Crippen molar-refractivity contribution in [1.29, 1.82) is 0 Å². The van der Waals surface area contributed by atoms with Crippen LogP contribution in [0.15, 0.2) is 12.1 Å². The molecule has 1 aliphatic rings. The SMILES string of the molecule is COC(=O)c1cc(C)cc(N)c1OC1CC1. The Morgan fingerprint density at radius 1 is 1.44 bits per heavy atom. The maximum atomic E-state index is 11.6. The van der Waals surface area contributed by atoms with Crippen LogP contribution in [-0.2, 0) is 4.74 Å². The van der Waals surface area contributed by atoms with Crippen LogP contribution >= 0.6 is 0 Å². The number of nitrogens with two attached hydrogens (primary N) is 1. The summed E-state index contributed by atoms with van der Waals surface area (Å²) >= 11 is 0. The third-order valence-corrected chi connectivity index (χ3v) is 2.48. The molecule has 2 rings (SSSR count). The molecule has 4 nitrogen and oxygen atoms in total. The van der Waals surface area contributed by atoms with Crippen LogP contribution in [0, 0.1) is 6.92 Å². The largest absolute Gasteiger partial charge is 0.487 e. The maximum Gasteiger partial charge on any atom is 0.341 e. The zero-order valence-corrected chi connectivity index (χ0v) is 9.45. The number of esters is 1. The Hall–Kier alpha value is -1.71. The summed E-state index contributed by atoms with van der Waals surface area (Å²) in [5.74, 6) is 0.0472. The summed E-state index contributed by atoms with van der Waals surface area (Å²) in [6, 6.07) is 3.53. The van der Waals surface area contributed by atoms with Crippen LogP contribution in [0.1, 0.15) is 28.8 Å². The van der Waals surface area contributed by atoms with Gasteiger partial charge in [-0.05, 0) is 37.5 Å². The lowest BCUT2D eigenvalue weighted by Gasteiger charge is -2.13. The number of methoxy groups -OCH3 is 1. The van der Waals surface area contributed by atoms with E-state index in [0.29, 0.717) is 17.0 Å². The van der Waals surface area contributed by atoms with Gasteiger partial charge in [-0.15, -0.1) is 0 Å². The van der Waals surface area contributed by atoms with E-state index < -0.39 is 5.97 Å². The van der Waals surface area contributed by atoms with Gasteiger partial charge < -0.3 is 15.2 Å². The fourth-order valence-corrected chi connectivity index (χ4v) is 1.55. The molecule has 0 aromatic heterocycles. The second-order valence-corrected chi connectivity index (χ2v) is 4.04. The highest BCUT2D eigenvalue weighted by Crippen LogP contribution is 2.34. The Morgan fingerprint density at radius 2 is 2.12 bits per heavy atom. The molecule has 1 fully saturated rings. The first-order valence-electron chi connectivity index (χ1n) is 5.27. The van der Waals surface area contributed by atoms with Crippen molar-refractivity contribution >= 4 is 11.7 Å². The first kappa shape index (κ1) is 10.8. The summed E-state index contributed by atoms with van der Waals surface area (Å²) < 4.78 is 10.4. The van der Waals surface area contributed by atoms with Crippen molar-refractivity contribution in [3.05, 3.63) is 23.3 Å². The molecule has 0 amide bonds. The molecule has 1 aromatic carbocycles. The van der Waals surface area contributed by atoms with Gasteiger partial charge in [0.05, 0.1) is 18.9 Å². The van der Waals surface area contributed by atoms with Gasteiger partial charge in [0.15, 0.2) is 5.75 Å². The third kappa shape index (κ3) is 2.10. The number of ether oxygens (including phenoxy) is 2. The Bertz CT molecular complexity index is 425. The van der Waals surface area contributed by atoms with Crippen LogP contribution in [0.3, 0.4) is 0 Å². The van der Waals surface area contributed by atoms with Gasteiger partial charge in [-0.25, -0.2) is 4.79 Å². The number of nitrogen functional groups attached to an aromatic ring is 1. The number of benzene rings is 1. The zero-order valence-electron chi connectivity index (χ0n) is 9.45. The van der Waals surface area contributed by atoms with Crippen LogP contribution in [0.2, 0.25) is 0 Å². The summed E-state index contributed by atoms with van der Waals surface area (Å²) in [5, 5.41) is 0. The third-order valence-electron chi connectivity index (χ3n) is 2.48. The summed E-state index contributed by atoms with van der Waals surface area (Å²) in [6.45, 7) is 1.88. The molecule has 16 heavy (non-hydrogen) atoms. The van der Waals surface area contributed by atoms with E-state index in [-0.39, 0.29) is 6.10 Å². The molecule has 0 heterocycles. The highest BCUT2D eigenvalue weighted by Gasteiger charge is 2.27. The predicted molar refractivity (Wildman–Crippen MR) is 60.6 cm³/mol. The van der Waals surface area contributed by atoms with Gasteiger partial charge in [0.2, 0.25) is 0 Å². The smallest absolute Gasteiger partial charge is 0.341 e. The molecule has 0 bridgehead atoms. The quantitative estimate of drug-likeness (QED) is 0.625. The second kappa shape index (κ2) is 4.04. The lowest BCUT2D eigenvalue weighted by atomic mass is 10.1. The van der Waals surface area contributed by atoms with E-state index in [0.717, 1.165) is 18.4 Å². The van der Waals surface area contributed by atoms with E-state index in [9.17, 15) is 4.79 Å². The number of aryl methyl sites for hydroxylation is 1. The van der Waals surface area contributed by atoms with Crippen molar-refractivity contribution in [3.63, 3.8) is 0 Å². The average Bonchev–Trinajstić information content (AvgIpc) is 3.04. The Balaban J connectivity index is 2.40. The minimum absolute atomic E-state index is 0.202. The molecule has 0 saturated heterocycles. The van der Waals surface area contributed by atoms with E-state index in [1.54, 1.807) is 12.1 Å². The first-order chi connectivity index (χ1) is 7.61. The molecular formula is C12H15NO3. The molecule has 1 aliphatic carbocycles. The lowest BCUT2D eigenvalue weighted by Crippen LogP contribution is -2.09. The molecule has 0 radical (unpaired) electrons. The molecule has 0 spiro atoms. The van der Waals surface area contributed by atoms with Crippen molar-refractivity contribution in [2.45, 2.75) is 25.9 Å². The van der Waals surface area contributed by atoms with E-state index >= 15 is 0 Å². The minimum Gasteiger partial charge on any atom is -0.487 e. The first-order valence-corrected chi connectivity index (χ1v) is 5.27. The van der Waals surface area contributed by atoms with Gasteiger partial charge in [-0.1, -0.05) is 0 Å². The van der Waals surface area contributed by atoms with Crippen LogP contribution in [-0.4, -0.2) is 19.2 Å². The van der Waals surface area contributed by atoms with Crippen molar-refractivity contribution in [2.75, 3.05) is 12.8 Å². The molecule has 4 heteroatoms. The Kier molecular flexibility index (Phi) is 2.73. The van der Waals surface area contributed by atoms with Crippen LogP contribution < -0.4 is 10.5 Å². The normalized spacial score (nSPS) is 14.6. The van der Waals surface area contributed by atoms with Crippen molar-refractivity contribution in [3.8, 4) is 5.75 Å². The predicted octanol–water partition coefficient (Wildman–Crippen LogP) is 1.91. The van der Waals surface area contributed by atoms with E-state index in [1.165, 1.54) is 7.11 Å². The van der Waals surface area contributed by atoms with E-state index in [4.69, 9.17) is 15.2 Å². The maximum absolute atomic E-state index is 11.6.